The Morgan fingerprint density at radius 2 is 1.80 bits per heavy atom. The average molecular weight is 273 g/mol. The van der Waals surface area contributed by atoms with Gasteiger partial charge in [-0.2, -0.15) is 4.98 Å². The van der Waals surface area contributed by atoms with Gasteiger partial charge in [0.15, 0.2) is 0 Å². The number of aromatic nitrogens is 2. The van der Waals surface area contributed by atoms with E-state index in [4.69, 9.17) is 10.3 Å². The number of rotatable bonds is 5. The van der Waals surface area contributed by atoms with Gasteiger partial charge in [0.1, 0.15) is 0 Å². The number of hydrogen-bond donors (Lipinski definition) is 1. The third-order valence-corrected chi connectivity index (χ3v) is 3.82. The molecule has 2 atom stereocenters. The van der Waals surface area contributed by atoms with Gasteiger partial charge in [0.05, 0.1) is 6.04 Å². The Kier molecular flexibility index (Phi) is 4.55. The van der Waals surface area contributed by atoms with Gasteiger partial charge in [-0.15, -0.1) is 0 Å². The highest BCUT2D eigenvalue weighted by Gasteiger charge is 2.20. The molecule has 2 unspecified atom stereocenters. The topological polar surface area (TPSA) is 64.9 Å². The Balaban J connectivity index is 2.20. The minimum Gasteiger partial charge on any atom is -0.337 e. The molecule has 0 spiro atoms. The first kappa shape index (κ1) is 14.7. The minimum atomic E-state index is -0.198. The van der Waals surface area contributed by atoms with Crippen molar-refractivity contribution >= 4 is 0 Å². The molecule has 2 rings (SSSR count). The molecule has 2 N–H and O–H groups in total. The van der Waals surface area contributed by atoms with Crippen LogP contribution in [0.4, 0.5) is 0 Å². The number of benzene rings is 1. The summed E-state index contributed by atoms with van der Waals surface area (Å²) in [5.41, 5.74) is 8.37. The third kappa shape index (κ3) is 3.07. The summed E-state index contributed by atoms with van der Waals surface area (Å²) in [6.45, 7) is 8.54. The zero-order valence-corrected chi connectivity index (χ0v) is 12.6. The molecule has 0 saturated carbocycles. The molecular formula is C16H23N3O. The van der Waals surface area contributed by atoms with Gasteiger partial charge in [0.2, 0.25) is 11.7 Å². The Labute approximate surface area is 120 Å². The van der Waals surface area contributed by atoms with Crippen molar-refractivity contribution in [3.63, 3.8) is 0 Å². The highest BCUT2D eigenvalue weighted by molar-refractivity contribution is 5.54. The Bertz CT molecular complexity index is 545. The van der Waals surface area contributed by atoms with E-state index < -0.39 is 0 Å². The summed E-state index contributed by atoms with van der Waals surface area (Å²) in [4.78, 5) is 4.42. The van der Waals surface area contributed by atoms with Crippen molar-refractivity contribution in [1.29, 1.82) is 0 Å². The molecule has 1 heterocycles. The summed E-state index contributed by atoms with van der Waals surface area (Å²) in [6, 6.07) is 8.06. The van der Waals surface area contributed by atoms with Crippen molar-refractivity contribution in [3.8, 4) is 11.4 Å². The first-order valence-electron chi connectivity index (χ1n) is 7.22. The van der Waals surface area contributed by atoms with E-state index in [0.29, 0.717) is 23.6 Å². The lowest BCUT2D eigenvalue weighted by atomic mass is 10.00. The van der Waals surface area contributed by atoms with Crippen LogP contribution in [0.5, 0.6) is 0 Å². The predicted molar refractivity (Wildman–Crippen MR) is 80.2 cm³/mol. The normalized spacial score (nSPS) is 14.5. The Morgan fingerprint density at radius 1 is 1.15 bits per heavy atom. The molecule has 0 fully saturated rings. The summed E-state index contributed by atoms with van der Waals surface area (Å²) in [7, 11) is 0. The number of hydrogen-bond acceptors (Lipinski definition) is 4. The van der Waals surface area contributed by atoms with E-state index in [0.717, 1.165) is 12.0 Å². The van der Waals surface area contributed by atoms with Crippen molar-refractivity contribution in [1.82, 2.24) is 10.1 Å². The fourth-order valence-electron chi connectivity index (χ4n) is 2.00. The minimum absolute atomic E-state index is 0.198. The van der Waals surface area contributed by atoms with Crippen molar-refractivity contribution in [2.24, 2.45) is 11.7 Å². The summed E-state index contributed by atoms with van der Waals surface area (Å²) >= 11 is 0. The predicted octanol–water partition coefficient (Wildman–Crippen LogP) is 3.91. The maximum atomic E-state index is 6.11. The number of nitrogens with two attached hydrogens (primary N) is 1. The van der Waals surface area contributed by atoms with E-state index in [1.165, 1.54) is 5.56 Å². The van der Waals surface area contributed by atoms with Gasteiger partial charge in [-0.25, -0.2) is 0 Å². The second-order valence-corrected chi connectivity index (χ2v) is 5.64. The quantitative estimate of drug-likeness (QED) is 0.897. The maximum absolute atomic E-state index is 6.11. The highest BCUT2D eigenvalue weighted by Crippen LogP contribution is 2.24. The average Bonchev–Trinajstić information content (AvgIpc) is 2.95. The molecule has 0 amide bonds. The molecule has 0 radical (unpaired) electrons. The summed E-state index contributed by atoms with van der Waals surface area (Å²) in [6.07, 6.45) is 0.988. The Hall–Kier alpha value is -1.68. The van der Waals surface area contributed by atoms with Crippen molar-refractivity contribution < 1.29 is 4.52 Å². The van der Waals surface area contributed by atoms with E-state index >= 15 is 0 Å². The summed E-state index contributed by atoms with van der Waals surface area (Å²) in [5, 5.41) is 4.03. The van der Waals surface area contributed by atoms with Crippen LogP contribution < -0.4 is 5.73 Å². The fourth-order valence-corrected chi connectivity index (χ4v) is 2.00. The van der Waals surface area contributed by atoms with Gasteiger partial charge < -0.3 is 10.3 Å². The van der Waals surface area contributed by atoms with Gasteiger partial charge in [-0.1, -0.05) is 63.5 Å². The zero-order chi connectivity index (χ0) is 14.7. The van der Waals surface area contributed by atoms with Crippen LogP contribution in [0.2, 0.25) is 0 Å². The van der Waals surface area contributed by atoms with E-state index in [1.54, 1.807) is 0 Å². The molecule has 0 aliphatic heterocycles. The fraction of sp³-hybridized carbons (Fsp3) is 0.500. The van der Waals surface area contributed by atoms with Crippen LogP contribution in [0, 0.1) is 5.92 Å². The SMILES string of the molecule is CCC(C)C(N)c1nc(-c2ccc(C(C)C)cc2)no1. The van der Waals surface area contributed by atoms with Crippen LogP contribution in [-0.4, -0.2) is 10.1 Å². The van der Waals surface area contributed by atoms with Crippen LogP contribution >= 0.6 is 0 Å². The van der Waals surface area contributed by atoms with Crippen molar-refractivity contribution in [2.45, 2.75) is 46.1 Å². The van der Waals surface area contributed by atoms with E-state index in [2.05, 4.69) is 50.0 Å². The molecule has 1 aromatic carbocycles. The summed E-state index contributed by atoms with van der Waals surface area (Å²) in [5.74, 6) is 1.96. The first-order chi connectivity index (χ1) is 9.52. The molecule has 20 heavy (non-hydrogen) atoms. The lowest BCUT2D eigenvalue weighted by molar-refractivity contribution is 0.312. The van der Waals surface area contributed by atoms with Crippen LogP contribution in [0.25, 0.3) is 11.4 Å². The van der Waals surface area contributed by atoms with Gasteiger partial charge in [0, 0.05) is 5.56 Å². The monoisotopic (exact) mass is 273 g/mol. The second-order valence-electron chi connectivity index (χ2n) is 5.64. The first-order valence-corrected chi connectivity index (χ1v) is 7.22. The third-order valence-electron chi connectivity index (χ3n) is 3.82. The van der Waals surface area contributed by atoms with Gasteiger partial charge >= 0.3 is 0 Å². The van der Waals surface area contributed by atoms with Gasteiger partial charge in [-0.3, -0.25) is 0 Å². The highest BCUT2D eigenvalue weighted by atomic mass is 16.5. The Morgan fingerprint density at radius 3 is 2.35 bits per heavy atom. The van der Waals surface area contributed by atoms with Crippen molar-refractivity contribution in [3.05, 3.63) is 35.7 Å². The number of nitrogens with zero attached hydrogens (tertiary/aromatic N) is 2. The van der Waals surface area contributed by atoms with Crippen LogP contribution in [0.1, 0.15) is 57.5 Å². The molecule has 0 saturated heterocycles. The molecule has 4 heteroatoms. The molecule has 1 aromatic heterocycles. The molecule has 2 aromatic rings. The van der Waals surface area contributed by atoms with E-state index in [1.807, 2.05) is 12.1 Å². The van der Waals surface area contributed by atoms with E-state index in [9.17, 15) is 0 Å². The molecular weight excluding hydrogens is 250 g/mol. The molecule has 4 nitrogen and oxygen atoms in total. The summed E-state index contributed by atoms with van der Waals surface area (Å²) < 4.78 is 5.30. The molecule has 0 bridgehead atoms. The second kappa shape index (κ2) is 6.18. The smallest absolute Gasteiger partial charge is 0.244 e. The lowest BCUT2D eigenvalue weighted by Gasteiger charge is -2.12. The zero-order valence-electron chi connectivity index (χ0n) is 12.6. The molecule has 0 aliphatic rings. The molecule has 0 aliphatic carbocycles. The van der Waals surface area contributed by atoms with Crippen LogP contribution in [-0.2, 0) is 0 Å². The van der Waals surface area contributed by atoms with Crippen LogP contribution in [0.15, 0.2) is 28.8 Å². The van der Waals surface area contributed by atoms with E-state index in [-0.39, 0.29) is 6.04 Å². The largest absolute Gasteiger partial charge is 0.337 e. The van der Waals surface area contributed by atoms with Gasteiger partial charge in [0.25, 0.3) is 0 Å². The van der Waals surface area contributed by atoms with Crippen LogP contribution in [0.3, 0.4) is 0 Å². The van der Waals surface area contributed by atoms with Gasteiger partial charge in [-0.05, 0) is 17.4 Å². The maximum Gasteiger partial charge on any atom is 0.244 e. The van der Waals surface area contributed by atoms with Crippen molar-refractivity contribution in [2.75, 3.05) is 0 Å². The molecule has 108 valence electrons. The lowest BCUT2D eigenvalue weighted by Crippen LogP contribution is -2.18. The standard InChI is InChI=1S/C16H23N3O/c1-5-11(4)14(17)16-18-15(19-20-16)13-8-6-12(7-9-13)10(2)3/h6-11,14H,5,17H2,1-4H3.